The molecule has 0 aliphatic carbocycles. The molecule has 2 N–H and O–H groups in total. The van der Waals surface area contributed by atoms with Crippen LogP contribution >= 0.6 is 0 Å². The van der Waals surface area contributed by atoms with Gasteiger partial charge in [0, 0.05) is 6.54 Å². The maximum absolute atomic E-state index is 9.29. The summed E-state index contributed by atoms with van der Waals surface area (Å²) in [5.41, 5.74) is -0.112. The molecule has 0 saturated carbocycles. The van der Waals surface area contributed by atoms with Crippen molar-refractivity contribution in [1.82, 2.24) is 10.2 Å². The van der Waals surface area contributed by atoms with E-state index >= 15 is 0 Å². The minimum atomic E-state index is -0.112. The van der Waals surface area contributed by atoms with Gasteiger partial charge in [0.25, 0.3) is 0 Å². The summed E-state index contributed by atoms with van der Waals surface area (Å²) in [5.74, 6) is 0. The maximum Gasteiger partial charge on any atom is 0.0623 e. The van der Waals surface area contributed by atoms with Crippen LogP contribution in [0.2, 0.25) is 0 Å². The molecule has 0 spiro atoms. The lowest BCUT2D eigenvalue weighted by molar-refractivity contribution is 0.133. The smallest absolute Gasteiger partial charge is 0.0623 e. The molecule has 3 nitrogen and oxygen atoms in total. The number of hydrogen-bond donors (Lipinski definition) is 2. The molecular formula is C10H22N2O. The highest BCUT2D eigenvalue weighted by Gasteiger charge is 2.26. The molecule has 0 amide bonds. The topological polar surface area (TPSA) is 35.5 Å². The number of hydrogen-bond acceptors (Lipinski definition) is 3. The second kappa shape index (κ2) is 4.94. The molecule has 0 radical (unpaired) electrons. The molecule has 1 fully saturated rings. The van der Waals surface area contributed by atoms with E-state index in [1.54, 1.807) is 0 Å². The number of aliphatic hydroxyl groups is 1. The van der Waals surface area contributed by atoms with E-state index in [2.05, 4.69) is 24.1 Å². The van der Waals surface area contributed by atoms with Crippen LogP contribution in [0.4, 0.5) is 0 Å². The van der Waals surface area contributed by atoms with Crippen molar-refractivity contribution < 1.29 is 5.11 Å². The fourth-order valence-electron chi connectivity index (χ4n) is 2.02. The molecule has 0 aromatic carbocycles. The van der Waals surface area contributed by atoms with Gasteiger partial charge in [-0.2, -0.15) is 0 Å². The van der Waals surface area contributed by atoms with Crippen molar-refractivity contribution in [3.8, 4) is 0 Å². The van der Waals surface area contributed by atoms with Crippen LogP contribution in [0, 0.1) is 0 Å². The first-order valence-electron chi connectivity index (χ1n) is 5.28. The predicted octanol–water partition coefficient (Wildman–Crippen LogP) is 0.443. The first-order chi connectivity index (χ1) is 6.20. The Bertz CT molecular complexity index is 146. The van der Waals surface area contributed by atoms with Crippen LogP contribution in [0.15, 0.2) is 0 Å². The Morgan fingerprint density at radius 2 is 2.00 bits per heavy atom. The van der Waals surface area contributed by atoms with Gasteiger partial charge in [0.05, 0.1) is 12.1 Å². The second-order valence-electron chi connectivity index (χ2n) is 4.23. The van der Waals surface area contributed by atoms with Crippen LogP contribution in [-0.2, 0) is 0 Å². The lowest BCUT2D eigenvalue weighted by Crippen LogP contribution is -2.53. The summed E-state index contributed by atoms with van der Waals surface area (Å²) in [5, 5.41) is 12.6. The SMILES string of the molecule is CCNC(C)(CO)CN1CCCC1. The predicted molar refractivity (Wildman–Crippen MR) is 54.8 cm³/mol. The summed E-state index contributed by atoms with van der Waals surface area (Å²) in [4.78, 5) is 2.43. The van der Waals surface area contributed by atoms with E-state index < -0.39 is 0 Å². The Hall–Kier alpha value is -0.120. The Morgan fingerprint density at radius 1 is 1.38 bits per heavy atom. The van der Waals surface area contributed by atoms with Gasteiger partial charge < -0.3 is 15.3 Å². The van der Waals surface area contributed by atoms with Crippen molar-refractivity contribution in [3.05, 3.63) is 0 Å². The zero-order valence-corrected chi connectivity index (χ0v) is 8.84. The second-order valence-corrected chi connectivity index (χ2v) is 4.23. The summed E-state index contributed by atoms with van der Waals surface area (Å²) >= 11 is 0. The van der Waals surface area contributed by atoms with Gasteiger partial charge >= 0.3 is 0 Å². The number of rotatable bonds is 5. The van der Waals surface area contributed by atoms with E-state index in [1.807, 2.05) is 0 Å². The summed E-state index contributed by atoms with van der Waals surface area (Å²) in [6, 6.07) is 0. The standard InChI is InChI=1S/C10H22N2O/c1-3-11-10(2,9-13)8-12-6-4-5-7-12/h11,13H,3-9H2,1-2H3. The number of nitrogens with zero attached hydrogens (tertiary/aromatic N) is 1. The zero-order chi connectivity index (χ0) is 9.73. The minimum Gasteiger partial charge on any atom is -0.394 e. The van der Waals surface area contributed by atoms with Crippen molar-refractivity contribution >= 4 is 0 Å². The van der Waals surface area contributed by atoms with Crippen molar-refractivity contribution in [3.63, 3.8) is 0 Å². The fourth-order valence-corrected chi connectivity index (χ4v) is 2.02. The highest BCUT2D eigenvalue weighted by molar-refractivity contribution is 4.86. The van der Waals surface area contributed by atoms with Gasteiger partial charge in [0.1, 0.15) is 0 Å². The molecular weight excluding hydrogens is 164 g/mol. The van der Waals surface area contributed by atoms with Crippen LogP contribution in [0.5, 0.6) is 0 Å². The molecule has 0 aromatic rings. The third kappa shape index (κ3) is 3.25. The van der Waals surface area contributed by atoms with Crippen molar-refractivity contribution in [2.45, 2.75) is 32.2 Å². The summed E-state index contributed by atoms with van der Waals surface area (Å²) in [6.07, 6.45) is 2.63. The number of aliphatic hydroxyl groups excluding tert-OH is 1. The monoisotopic (exact) mass is 186 g/mol. The molecule has 1 aliphatic heterocycles. The van der Waals surface area contributed by atoms with Crippen molar-refractivity contribution in [1.29, 1.82) is 0 Å². The quantitative estimate of drug-likeness (QED) is 0.654. The first kappa shape index (κ1) is 11.0. The van der Waals surface area contributed by atoms with Crippen molar-refractivity contribution in [2.75, 3.05) is 32.8 Å². The van der Waals surface area contributed by atoms with Crippen molar-refractivity contribution in [2.24, 2.45) is 0 Å². The largest absolute Gasteiger partial charge is 0.394 e. The third-order valence-electron chi connectivity index (χ3n) is 2.72. The summed E-state index contributed by atoms with van der Waals surface area (Å²) < 4.78 is 0. The van der Waals surface area contributed by atoms with E-state index in [0.29, 0.717) is 0 Å². The normalized spacial score (nSPS) is 23.3. The maximum atomic E-state index is 9.29. The average molecular weight is 186 g/mol. The molecule has 1 rings (SSSR count). The number of nitrogens with one attached hydrogen (secondary N) is 1. The summed E-state index contributed by atoms with van der Waals surface area (Å²) in [7, 11) is 0. The minimum absolute atomic E-state index is 0.112. The van der Waals surface area contributed by atoms with Gasteiger partial charge in [-0.15, -0.1) is 0 Å². The van der Waals surface area contributed by atoms with E-state index in [0.717, 1.165) is 13.1 Å². The van der Waals surface area contributed by atoms with Crippen LogP contribution < -0.4 is 5.32 Å². The highest BCUT2D eigenvalue weighted by Crippen LogP contribution is 2.12. The average Bonchev–Trinajstić information content (AvgIpc) is 2.57. The van der Waals surface area contributed by atoms with E-state index in [1.165, 1.54) is 25.9 Å². The molecule has 1 unspecified atom stereocenters. The zero-order valence-electron chi connectivity index (χ0n) is 8.84. The van der Waals surface area contributed by atoms with Gasteiger partial charge in [0.2, 0.25) is 0 Å². The molecule has 78 valence electrons. The molecule has 13 heavy (non-hydrogen) atoms. The van der Waals surface area contributed by atoms with Gasteiger partial charge in [-0.3, -0.25) is 0 Å². The van der Waals surface area contributed by atoms with Gasteiger partial charge in [-0.25, -0.2) is 0 Å². The Labute approximate surface area is 81.1 Å². The van der Waals surface area contributed by atoms with Crippen LogP contribution in [0.3, 0.4) is 0 Å². The van der Waals surface area contributed by atoms with E-state index in [9.17, 15) is 5.11 Å². The Balaban J connectivity index is 2.36. The number of likely N-dealkylation sites (tertiary alicyclic amines) is 1. The number of likely N-dealkylation sites (N-methyl/N-ethyl adjacent to an activating group) is 1. The molecule has 1 atom stereocenters. The Morgan fingerprint density at radius 3 is 2.46 bits per heavy atom. The van der Waals surface area contributed by atoms with E-state index in [4.69, 9.17) is 0 Å². The Kier molecular flexibility index (Phi) is 4.16. The van der Waals surface area contributed by atoms with Gasteiger partial charge in [-0.05, 0) is 39.4 Å². The third-order valence-corrected chi connectivity index (χ3v) is 2.72. The molecule has 1 aliphatic rings. The lowest BCUT2D eigenvalue weighted by atomic mass is 10.0. The van der Waals surface area contributed by atoms with E-state index in [-0.39, 0.29) is 12.1 Å². The lowest BCUT2D eigenvalue weighted by Gasteiger charge is -2.32. The van der Waals surface area contributed by atoms with Gasteiger partial charge in [0.15, 0.2) is 0 Å². The molecule has 1 heterocycles. The fraction of sp³-hybridized carbons (Fsp3) is 1.00. The van der Waals surface area contributed by atoms with Crippen LogP contribution in [0.25, 0.3) is 0 Å². The van der Waals surface area contributed by atoms with Crippen LogP contribution in [-0.4, -0.2) is 48.3 Å². The van der Waals surface area contributed by atoms with Crippen LogP contribution in [0.1, 0.15) is 26.7 Å². The first-order valence-corrected chi connectivity index (χ1v) is 5.28. The molecule has 3 heteroatoms. The molecule has 0 bridgehead atoms. The summed E-state index contributed by atoms with van der Waals surface area (Å²) in [6.45, 7) is 8.67. The van der Waals surface area contributed by atoms with Gasteiger partial charge in [-0.1, -0.05) is 6.92 Å². The highest BCUT2D eigenvalue weighted by atomic mass is 16.3. The molecule has 1 saturated heterocycles. The molecule has 0 aromatic heterocycles.